The summed E-state index contributed by atoms with van der Waals surface area (Å²) in [6.45, 7) is 2.36. The number of carboxylic acids is 1. The lowest BCUT2D eigenvalue weighted by atomic mass is 10.2. The zero-order valence-electron chi connectivity index (χ0n) is 9.89. The zero-order chi connectivity index (χ0) is 12.9. The fourth-order valence-corrected chi connectivity index (χ4v) is 3.41. The van der Waals surface area contributed by atoms with Crippen molar-refractivity contribution in [1.82, 2.24) is 4.72 Å². The molecule has 17 heavy (non-hydrogen) atoms. The van der Waals surface area contributed by atoms with Crippen molar-refractivity contribution in [2.45, 2.75) is 44.8 Å². The Hall–Kier alpha value is -0.660. The summed E-state index contributed by atoms with van der Waals surface area (Å²) in [5.74, 6) is -1.08. The Balaban J connectivity index is 2.48. The molecule has 1 heterocycles. The van der Waals surface area contributed by atoms with E-state index < -0.39 is 22.0 Å². The van der Waals surface area contributed by atoms with Crippen LogP contribution in [0.2, 0.25) is 0 Å². The molecular weight excluding hydrogens is 246 g/mol. The Morgan fingerprint density at radius 2 is 2.29 bits per heavy atom. The van der Waals surface area contributed by atoms with Gasteiger partial charge in [-0.3, -0.25) is 4.79 Å². The minimum absolute atomic E-state index is 0.0802. The van der Waals surface area contributed by atoms with Crippen LogP contribution >= 0.6 is 0 Å². The molecule has 1 aliphatic rings. The molecule has 0 radical (unpaired) electrons. The number of carboxylic acid groups (broad SMARTS) is 1. The van der Waals surface area contributed by atoms with Crippen molar-refractivity contribution in [3.8, 4) is 0 Å². The van der Waals surface area contributed by atoms with Crippen LogP contribution in [-0.2, 0) is 19.6 Å². The van der Waals surface area contributed by atoms with E-state index in [-0.39, 0.29) is 18.3 Å². The van der Waals surface area contributed by atoms with E-state index in [2.05, 4.69) is 4.72 Å². The highest BCUT2D eigenvalue weighted by Crippen LogP contribution is 2.14. The number of hydrogen-bond acceptors (Lipinski definition) is 4. The van der Waals surface area contributed by atoms with Crippen molar-refractivity contribution in [3.63, 3.8) is 0 Å². The maximum atomic E-state index is 11.8. The average Bonchev–Trinajstić information content (AvgIpc) is 2.67. The number of ether oxygens (including phenoxy) is 1. The Kier molecular flexibility index (Phi) is 5.35. The molecule has 1 rings (SSSR count). The third-order valence-electron chi connectivity index (χ3n) is 2.69. The quantitative estimate of drug-likeness (QED) is 0.692. The Labute approximate surface area is 101 Å². The number of nitrogens with one attached hydrogen (secondary N) is 1. The van der Waals surface area contributed by atoms with Crippen LogP contribution in [0.3, 0.4) is 0 Å². The molecule has 0 spiro atoms. The monoisotopic (exact) mass is 265 g/mol. The number of carbonyl (C=O) groups is 1. The van der Waals surface area contributed by atoms with E-state index in [1.54, 1.807) is 6.92 Å². The highest BCUT2D eigenvalue weighted by molar-refractivity contribution is 7.89. The van der Waals surface area contributed by atoms with Gasteiger partial charge in [0.15, 0.2) is 0 Å². The molecule has 1 saturated heterocycles. The van der Waals surface area contributed by atoms with Gasteiger partial charge in [-0.1, -0.05) is 6.92 Å². The predicted octanol–water partition coefficient (Wildman–Crippen LogP) is 0.338. The van der Waals surface area contributed by atoms with Crippen molar-refractivity contribution in [2.24, 2.45) is 0 Å². The van der Waals surface area contributed by atoms with Crippen molar-refractivity contribution in [1.29, 1.82) is 0 Å². The highest BCUT2D eigenvalue weighted by Gasteiger charge is 2.25. The lowest BCUT2D eigenvalue weighted by Crippen LogP contribution is -2.39. The summed E-state index contributed by atoms with van der Waals surface area (Å²) in [5.41, 5.74) is 0. The highest BCUT2D eigenvalue weighted by atomic mass is 32.2. The van der Waals surface area contributed by atoms with Crippen LogP contribution < -0.4 is 4.72 Å². The van der Waals surface area contributed by atoms with Gasteiger partial charge in [0.2, 0.25) is 10.0 Å². The molecule has 0 aliphatic carbocycles. The normalized spacial score (nSPS) is 22.5. The van der Waals surface area contributed by atoms with Gasteiger partial charge in [-0.05, 0) is 19.3 Å². The van der Waals surface area contributed by atoms with Crippen LogP contribution in [0.4, 0.5) is 0 Å². The first kappa shape index (κ1) is 14.4. The molecule has 1 fully saturated rings. The Morgan fingerprint density at radius 3 is 2.76 bits per heavy atom. The molecule has 0 aromatic rings. The second-order valence-electron chi connectivity index (χ2n) is 4.24. The van der Waals surface area contributed by atoms with Gasteiger partial charge < -0.3 is 9.84 Å². The largest absolute Gasteiger partial charge is 0.481 e. The number of aliphatic carboxylic acids is 1. The van der Waals surface area contributed by atoms with Crippen LogP contribution in [0.25, 0.3) is 0 Å². The van der Waals surface area contributed by atoms with Gasteiger partial charge in [0.25, 0.3) is 0 Å². The van der Waals surface area contributed by atoms with Gasteiger partial charge in [-0.2, -0.15) is 0 Å². The molecule has 0 bridgehead atoms. The van der Waals surface area contributed by atoms with Crippen molar-refractivity contribution in [2.75, 3.05) is 12.4 Å². The molecule has 6 nitrogen and oxygen atoms in total. The van der Waals surface area contributed by atoms with Crippen LogP contribution in [-0.4, -0.2) is 44.0 Å². The van der Waals surface area contributed by atoms with Crippen molar-refractivity contribution >= 4 is 16.0 Å². The van der Waals surface area contributed by atoms with Gasteiger partial charge in [0, 0.05) is 12.6 Å². The van der Waals surface area contributed by atoms with Gasteiger partial charge in [0.1, 0.15) is 0 Å². The smallest absolute Gasteiger partial charge is 0.304 e. The molecule has 0 aromatic carbocycles. The molecule has 2 unspecified atom stereocenters. The minimum Gasteiger partial charge on any atom is -0.481 e. The zero-order valence-corrected chi connectivity index (χ0v) is 10.7. The number of hydrogen-bond donors (Lipinski definition) is 2. The molecule has 0 aromatic heterocycles. The van der Waals surface area contributed by atoms with Gasteiger partial charge >= 0.3 is 5.97 Å². The van der Waals surface area contributed by atoms with Crippen molar-refractivity contribution in [3.05, 3.63) is 0 Å². The van der Waals surface area contributed by atoms with Crippen LogP contribution in [0.5, 0.6) is 0 Å². The second kappa shape index (κ2) is 6.32. The number of rotatable bonds is 7. The van der Waals surface area contributed by atoms with E-state index >= 15 is 0 Å². The first-order valence-electron chi connectivity index (χ1n) is 5.76. The van der Waals surface area contributed by atoms with Crippen LogP contribution in [0.1, 0.15) is 32.6 Å². The van der Waals surface area contributed by atoms with Gasteiger partial charge in [0.05, 0.1) is 18.3 Å². The van der Waals surface area contributed by atoms with E-state index in [9.17, 15) is 13.2 Å². The third-order valence-corrected chi connectivity index (χ3v) is 4.19. The minimum atomic E-state index is -3.46. The summed E-state index contributed by atoms with van der Waals surface area (Å²) in [6, 6.07) is -0.543. The van der Waals surface area contributed by atoms with E-state index in [1.807, 2.05) is 0 Å². The molecular formula is C10H19NO5S. The first-order valence-corrected chi connectivity index (χ1v) is 7.41. The molecule has 0 amide bonds. The summed E-state index contributed by atoms with van der Waals surface area (Å²) in [6.07, 6.45) is 1.64. The molecule has 1 aliphatic heterocycles. The fraction of sp³-hybridized carbons (Fsp3) is 0.900. The fourth-order valence-electron chi connectivity index (χ4n) is 1.80. The summed E-state index contributed by atoms with van der Waals surface area (Å²) in [5, 5.41) is 8.64. The average molecular weight is 265 g/mol. The maximum Gasteiger partial charge on any atom is 0.304 e. The second-order valence-corrected chi connectivity index (χ2v) is 6.04. The molecule has 7 heteroatoms. The topological polar surface area (TPSA) is 92.7 Å². The van der Waals surface area contributed by atoms with E-state index in [0.717, 1.165) is 12.8 Å². The lowest BCUT2D eigenvalue weighted by molar-refractivity contribution is -0.137. The Morgan fingerprint density at radius 1 is 1.59 bits per heavy atom. The standard InChI is InChI=1S/C10H19NO5S/c1-2-8(6-10(12)13)11-17(14,15)7-9-4-3-5-16-9/h8-9,11H,2-7H2,1H3,(H,12,13). The summed E-state index contributed by atoms with van der Waals surface area (Å²) in [7, 11) is -3.46. The van der Waals surface area contributed by atoms with E-state index in [0.29, 0.717) is 13.0 Å². The van der Waals surface area contributed by atoms with Gasteiger partial charge in [-0.15, -0.1) is 0 Å². The predicted molar refractivity (Wildman–Crippen MR) is 62.2 cm³/mol. The van der Waals surface area contributed by atoms with Crippen molar-refractivity contribution < 1.29 is 23.1 Å². The molecule has 2 N–H and O–H groups in total. The van der Waals surface area contributed by atoms with Crippen LogP contribution in [0, 0.1) is 0 Å². The summed E-state index contributed by atoms with van der Waals surface area (Å²) in [4.78, 5) is 10.5. The molecule has 2 atom stereocenters. The van der Waals surface area contributed by atoms with Crippen LogP contribution in [0.15, 0.2) is 0 Å². The Bertz CT molecular complexity index is 348. The SMILES string of the molecule is CCC(CC(=O)O)NS(=O)(=O)CC1CCCO1. The third kappa shape index (κ3) is 5.47. The molecule has 100 valence electrons. The van der Waals surface area contributed by atoms with E-state index in [1.165, 1.54) is 0 Å². The van der Waals surface area contributed by atoms with Gasteiger partial charge in [-0.25, -0.2) is 13.1 Å². The lowest BCUT2D eigenvalue weighted by Gasteiger charge is -2.17. The maximum absolute atomic E-state index is 11.8. The molecule has 0 saturated carbocycles. The first-order chi connectivity index (χ1) is 7.93. The summed E-state index contributed by atoms with van der Waals surface area (Å²) < 4.78 is 31.2. The van der Waals surface area contributed by atoms with E-state index in [4.69, 9.17) is 9.84 Å². The summed E-state index contributed by atoms with van der Waals surface area (Å²) >= 11 is 0. The number of sulfonamides is 1.